The van der Waals surface area contributed by atoms with Crippen molar-refractivity contribution in [3.63, 3.8) is 0 Å². The Labute approximate surface area is 212 Å². The fourth-order valence-electron chi connectivity index (χ4n) is 5.29. The molecule has 7 nitrogen and oxygen atoms in total. The van der Waals surface area contributed by atoms with E-state index >= 15 is 0 Å². The summed E-state index contributed by atoms with van der Waals surface area (Å²) in [6.45, 7) is 4.61. The summed E-state index contributed by atoms with van der Waals surface area (Å²) in [6, 6.07) is 17.0. The Morgan fingerprint density at radius 2 is 1.69 bits per heavy atom. The summed E-state index contributed by atoms with van der Waals surface area (Å²) in [5.74, 6) is 0.941. The van der Waals surface area contributed by atoms with E-state index in [0.717, 1.165) is 37.4 Å². The molecule has 1 aromatic heterocycles. The number of nitrogens with zero attached hydrogens (tertiary/aromatic N) is 3. The topological polar surface area (TPSA) is 90.4 Å². The first-order chi connectivity index (χ1) is 17.7. The molecule has 1 unspecified atom stereocenters. The highest BCUT2D eigenvalue weighted by atomic mass is 16.5. The minimum absolute atomic E-state index is 0.468. The van der Waals surface area contributed by atoms with Crippen molar-refractivity contribution in [2.24, 2.45) is 5.92 Å². The fourth-order valence-corrected chi connectivity index (χ4v) is 5.29. The average Bonchev–Trinajstić information content (AvgIpc) is 3.73. The first-order valence-corrected chi connectivity index (χ1v) is 13.0. The van der Waals surface area contributed by atoms with Gasteiger partial charge in [0, 0.05) is 35.5 Å². The Balaban J connectivity index is 0.972. The minimum atomic E-state index is -0.468. The molecule has 7 heteroatoms. The lowest BCUT2D eigenvalue weighted by Crippen LogP contribution is -2.38. The zero-order valence-electron chi connectivity index (χ0n) is 20.6. The van der Waals surface area contributed by atoms with Crippen molar-refractivity contribution in [1.29, 1.82) is 0 Å². The minimum Gasteiger partial charge on any atom is -0.313 e. The van der Waals surface area contributed by atoms with Crippen LogP contribution in [0.2, 0.25) is 0 Å². The number of hydrogen-bond acceptors (Lipinski definition) is 6. The molecular weight excluding hydrogens is 450 g/mol. The summed E-state index contributed by atoms with van der Waals surface area (Å²) in [5, 5.41) is 12.5. The van der Waals surface area contributed by atoms with Gasteiger partial charge in [0.15, 0.2) is 0 Å². The summed E-state index contributed by atoms with van der Waals surface area (Å²) in [4.78, 5) is 22.2. The molecular formula is C29H35N5O2. The molecule has 3 N–H and O–H groups in total. The maximum absolute atomic E-state index is 11.4. The molecule has 5 rings (SSSR count). The van der Waals surface area contributed by atoms with Gasteiger partial charge >= 0.3 is 0 Å². The number of rotatable bonds is 10. The molecule has 1 aliphatic heterocycles. The van der Waals surface area contributed by atoms with Crippen LogP contribution >= 0.6 is 0 Å². The maximum Gasteiger partial charge on any atom is 0.274 e. The molecule has 2 aromatic carbocycles. The SMILES string of the molecule is O=C(NO)c1ccc(CCCN2CCC(CNC3C[C@H]3c3ccc(-c4cncnc4)cc3)CC2)cc1. The van der Waals surface area contributed by atoms with E-state index < -0.39 is 5.91 Å². The Kier molecular flexibility index (Phi) is 8.01. The molecule has 2 fully saturated rings. The second-order valence-electron chi connectivity index (χ2n) is 10.1. The van der Waals surface area contributed by atoms with Gasteiger partial charge in [0.1, 0.15) is 6.33 Å². The number of hydroxylamine groups is 1. The van der Waals surface area contributed by atoms with Crippen LogP contribution in [0.15, 0.2) is 67.3 Å². The number of nitrogens with one attached hydrogen (secondary N) is 2. The van der Waals surface area contributed by atoms with E-state index in [1.54, 1.807) is 23.9 Å². The standard InChI is InChI=1S/C29H35N5O2/c35-29(33-36)25-5-3-21(4-6-25)2-1-13-34-14-11-22(12-15-34)17-32-28-16-27(28)24-9-7-23(8-10-24)26-18-30-20-31-19-26/h3-10,18-20,22,27-28,32,36H,1-2,11-17H2,(H,33,35)/t27-,28?/m0/s1. The van der Waals surface area contributed by atoms with Crippen LogP contribution in [0.1, 0.15) is 53.1 Å². The molecule has 1 amide bonds. The molecule has 1 saturated carbocycles. The molecule has 1 saturated heterocycles. The van der Waals surface area contributed by atoms with Crippen molar-refractivity contribution in [3.8, 4) is 11.1 Å². The van der Waals surface area contributed by atoms with Crippen molar-refractivity contribution in [3.05, 3.63) is 83.9 Å². The van der Waals surface area contributed by atoms with Gasteiger partial charge in [-0.25, -0.2) is 15.4 Å². The highest BCUT2D eigenvalue weighted by Gasteiger charge is 2.38. The largest absolute Gasteiger partial charge is 0.313 e. The molecule has 0 spiro atoms. The lowest BCUT2D eigenvalue weighted by Gasteiger charge is -2.32. The van der Waals surface area contributed by atoms with Gasteiger partial charge in [0.25, 0.3) is 5.91 Å². The van der Waals surface area contributed by atoms with Crippen LogP contribution in [0, 0.1) is 5.92 Å². The first kappa shape index (κ1) is 24.6. The number of aryl methyl sites for hydroxylation is 1. The maximum atomic E-state index is 11.4. The first-order valence-electron chi connectivity index (χ1n) is 13.0. The Hall–Kier alpha value is -3.13. The van der Waals surface area contributed by atoms with Crippen LogP contribution < -0.4 is 10.8 Å². The van der Waals surface area contributed by atoms with Gasteiger partial charge in [-0.15, -0.1) is 0 Å². The predicted molar refractivity (Wildman–Crippen MR) is 140 cm³/mol. The molecule has 2 atom stereocenters. The number of benzene rings is 2. The summed E-state index contributed by atoms with van der Waals surface area (Å²) >= 11 is 0. The fraction of sp³-hybridized carbons (Fsp3) is 0.414. The Bertz CT molecular complexity index is 1110. The third-order valence-corrected chi connectivity index (χ3v) is 7.66. The van der Waals surface area contributed by atoms with Crippen molar-refractivity contribution in [2.45, 2.75) is 44.1 Å². The normalized spacial score (nSPS) is 20.2. The Morgan fingerprint density at radius 1 is 0.972 bits per heavy atom. The lowest BCUT2D eigenvalue weighted by atomic mass is 9.96. The number of aromatic nitrogens is 2. The number of carbonyl (C=O) groups excluding carboxylic acids is 1. The summed E-state index contributed by atoms with van der Waals surface area (Å²) in [6.07, 6.45) is 11.2. The zero-order chi connectivity index (χ0) is 24.7. The second-order valence-corrected chi connectivity index (χ2v) is 10.1. The molecule has 0 bridgehead atoms. The van der Waals surface area contributed by atoms with Crippen LogP contribution in [0.4, 0.5) is 0 Å². The van der Waals surface area contributed by atoms with Crippen LogP contribution in [-0.4, -0.2) is 58.2 Å². The summed E-state index contributed by atoms with van der Waals surface area (Å²) in [7, 11) is 0. The molecule has 188 valence electrons. The smallest absolute Gasteiger partial charge is 0.274 e. The van der Waals surface area contributed by atoms with Gasteiger partial charge in [-0.05, 0) is 93.0 Å². The second kappa shape index (κ2) is 11.7. The van der Waals surface area contributed by atoms with Gasteiger partial charge in [0.05, 0.1) is 0 Å². The van der Waals surface area contributed by atoms with Gasteiger partial charge in [-0.1, -0.05) is 36.4 Å². The zero-order valence-corrected chi connectivity index (χ0v) is 20.6. The van der Waals surface area contributed by atoms with Crippen LogP contribution in [0.25, 0.3) is 11.1 Å². The number of carbonyl (C=O) groups is 1. The van der Waals surface area contributed by atoms with Crippen molar-refractivity contribution >= 4 is 5.91 Å². The number of likely N-dealkylation sites (tertiary alicyclic amines) is 1. The number of piperidine rings is 1. The van der Waals surface area contributed by atoms with E-state index in [4.69, 9.17) is 5.21 Å². The van der Waals surface area contributed by atoms with E-state index in [1.165, 1.54) is 49.0 Å². The average molecular weight is 486 g/mol. The number of amides is 1. The molecule has 3 aromatic rings. The molecule has 0 radical (unpaired) electrons. The summed E-state index contributed by atoms with van der Waals surface area (Å²) in [5.41, 5.74) is 7.03. The molecule has 36 heavy (non-hydrogen) atoms. The quantitative estimate of drug-likeness (QED) is 0.297. The summed E-state index contributed by atoms with van der Waals surface area (Å²) < 4.78 is 0. The van der Waals surface area contributed by atoms with E-state index in [2.05, 4.69) is 44.5 Å². The van der Waals surface area contributed by atoms with E-state index in [0.29, 0.717) is 17.5 Å². The van der Waals surface area contributed by atoms with Gasteiger partial charge < -0.3 is 10.2 Å². The molecule has 2 aliphatic rings. The van der Waals surface area contributed by atoms with Gasteiger partial charge in [-0.2, -0.15) is 0 Å². The van der Waals surface area contributed by atoms with E-state index in [1.807, 2.05) is 24.5 Å². The van der Waals surface area contributed by atoms with E-state index in [9.17, 15) is 4.79 Å². The van der Waals surface area contributed by atoms with Crippen molar-refractivity contribution in [2.75, 3.05) is 26.2 Å². The van der Waals surface area contributed by atoms with Crippen molar-refractivity contribution in [1.82, 2.24) is 25.7 Å². The van der Waals surface area contributed by atoms with Gasteiger partial charge in [0.2, 0.25) is 0 Å². The highest BCUT2D eigenvalue weighted by Crippen LogP contribution is 2.41. The Morgan fingerprint density at radius 3 is 2.39 bits per heavy atom. The predicted octanol–water partition coefficient (Wildman–Crippen LogP) is 4.05. The lowest BCUT2D eigenvalue weighted by molar-refractivity contribution is 0.0706. The highest BCUT2D eigenvalue weighted by molar-refractivity contribution is 5.93. The van der Waals surface area contributed by atoms with Crippen LogP contribution in [-0.2, 0) is 6.42 Å². The van der Waals surface area contributed by atoms with Crippen molar-refractivity contribution < 1.29 is 10.0 Å². The van der Waals surface area contributed by atoms with Gasteiger partial charge in [-0.3, -0.25) is 10.0 Å². The number of hydrogen-bond donors (Lipinski definition) is 3. The molecule has 1 aliphatic carbocycles. The van der Waals surface area contributed by atoms with E-state index in [-0.39, 0.29) is 0 Å². The third-order valence-electron chi connectivity index (χ3n) is 7.66. The van der Waals surface area contributed by atoms with Crippen LogP contribution in [0.3, 0.4) is 0 Å². The third kappa shape index (κ3) is 6.35. The molecule has 2 heterocycles. The van der Waals surface area contributed by atoms with Crippen LogP contribution in [0.5, 0.6) is 0 Å². The monoisotopic (exact) mass is 485 g/mol.